The molecule has 4 nitrogen and oxygen atoms in total. The first-order valence-electron chi connectivity index (χ1n) is 6.38. The van der Waals surface area contributed by atoms with Gasteiger partial charge in [-0.25, -0.2) is 4.79 Å². The van der Waals surface area contributed by atoms with Crippen molar-refractivity contribution < 1.29 is 18.8 Å². The SMILES string of the molecule is CCOC(=O)c1ccsc1B1OC(C)(C)C(C)(C)O1. The summed E-state index contributed by atoms with van der Waals surface area (Å²) in [5.41, 5.74) is -0.286. The Balaban J connectivity index is 2.26. The van der Waals surface area contributed by atoms with Gasteiger partial charge in [0.1, 0.15) is 0 Å². The molecule has 0 spiro atoms. The summed E-state index contributed by atoms with van der Waals surface area (Å²) in [6.07, 6.45) is 0. The highest BCUT2D eigenvalue weighted by Crippen LogP contribution is 2.37. The third-order valence-corrected chi connectivity index (χ3v) is 4.60. The predicted molar refractivity (Wildman–Crippen MR) is 76.0 cm³/mol. The molecule has 6 heteroatoms. The average molecular weight is 282 g/mol. The van der Waals surface area contributed by atoms with Crippen molar-refractivity contribution in [3.63, 3.8) is 0 Å². The molecule has 0 radical (unpaired) electrons. The van der Waals surface area contributed by atoms with Gasteiger partial charge in [-0.2, -0.15) is 11.3 Å². The zero-order valence-corrected chi connectivity index (χ0v) is 12.8. The third-order valence-electron chi connectivity index (χ3n) is 3.66. The second-order valence-corrected chi connectivity index (χ2v) is 6.45. The zero-order chi connectivity index (χ0) is 14.3. The number of hydrogen-bond acceptors (Lipinski definition) is 5. The van der Waals surface area contributed by atoms with Gasteiger partial charge in [0.25, 0.3) is 0 Å². The monoisotopic (exact) mass is 282 g/mol. The van der Waals surface area contributed by atoms with Crippen LogP contribution in [-0.4, -0.2) is 30.9 Å². The van der Waals surface area contributed by atoms with Crippen molar-refractivity contribution in [3.05, 3.63) is 17.0 Å². The van der Waals surface area contributed by atoms with Crippen LogP contribution in [-0.2, 0) is 14.0 Å². The molecule has 2 rings (SSSR count). The Morgan fingerprint density at radius 1 is 1.32 bits per heavy atom. The van der Waals surface area contributed by atoms with Crippen molar-refractivity contribution in [2.75, 3.05) is 6.61 Å². The lowest BCUT2D eigenvalue weighted by atomic mass is 9.85. The summed E-state index contributed by atoms with van der Waals surface area (Å²) in [5.74, 6) is -0.325. The van der Waals surface area contributed by atoms with Crippen LogP contribution < -0.4 is 4.78 Å². The average Bonchev–Trinajstić information content (AvgIpc) is 2.82. The van der Waals surface area contributed by atoms with Gasteiger partial charge in [0.15, 0.2) is 0 Å². The molecule has 1 fully saturated rings. The van der Waals surface area contributed by atoms with Crippen molar-refractivity contribution in [2.45, 2.75) is 45.8 Å². The summed E-state index contributed by atoms with van der Waals surface area (Å²) in [6.45, 7) is 10.1. The molecule has 0 bridgehead atoms. The third kappa shape index (κ3) is 2.57. The molecule has 0 amide bonds. The van der Waals surface area contributed by atoms with Crippen LogP contribution in [0.15, 0.2) is 11.4 Å². The summed E-state index contributed by atoms with van der Waals surface area (Å²) in [6, 6.07) is 1.75. The smallest absolute Gasteiger partial charge is 0.462 e. The number of hydrogen-bond donors (Lipinski definition) is 0. The van der Waals surface area contributed by atoms with E-state index in [0.29, 0.717) is 12.2 Å². The minimum atomic E-state index is -0.510. The molecule has 1 aromatic heterocycles. The Kier molecular flexibility index (Phi) is 3.77. The van der Waals surface area contributed by atoms with Crippen LogP contribution >= 0.6 is 11.3 Å². The zero-order valence-electron chi connectivity index (χ0n) is 12.0. The van der Waals surface area contributed by atoms with E-state index in [0.717, 1.165) is 4.78 Å². The van der Waals surface area contributed by atoms with Gasteiger partial charge in [-0.15, -0.1) is 0 Å². The fourth-order valence-corrected chi connectivity index (χ4v) is 2.67. The van der Waals surface area contributed by atoms with Crippen molar-refractivity contribution in [1.82, 2.24) is 0 Å². The summed E-state index contributed by atoms with van der Waals surface area (Å²) < 4.78 is 17.7. The summed E-state index contributed by atoms with van der Waals surface area (Å²) in [7, 11) is -0.510. The van der Waals surface area contributed by atoms with Gasteiger partial charge in [-0.1, -0.05) is 0 Å². The lowest BCUT2D eigenvalue weighted by Gasteiger charge is -2.32. The molecule has 2 heterocycles. The minimum absolute atomic E-state index is 0.325. The molecule has 0 N–H and O–H groups in total. The van der Waals surface area contributed by atoms with E-state index in [-0.39, 0.29) is 5.97 Å². The Labute approximate surface area is 118 Å². The second kappa shape index (κ2) is 4.92. The summed E-state index contributed by atoms with van der Waals surface area (Å²) >= 11 is 1.45. The Morgan fingerprint density at radius 2 is 1.89 bits per heavy atom. The van der Waals surface area contributed by atoms with E-state index in [2.05, 4.69) is 0 Å². The normalized spacial score (nSPS) is 20.6. The van der Waals surface area contributed by atoms with Crippen molar-refractivity contribution >= 4 is 29.2 Å². The molecule has 1 aromatic rings. The van der Waals surface area contributed by atoms with Gasteiger partial charge >= 0.3 is 13.1 Å². The number of thiophene rings is 1. The molecule has 0 saturated carbocycles. The quantitative estimate of drug-likeness (QED) is 0.630. The molecule has 19 heavy (non-hydrogen) atoms. The highest BCUT2D eigenvalue weighted by Gasteiger charge is 2.53. The van der Waals surface area contributed by atoms with Crippen LogP contribution in [0.1, 0.15) is 45.0 Å². The van der Waals surface area contributed by atoms with E-state index in [1.165, 1.54) is 11.3 Å². The fourth-order valence-electron chi connectivity index (χ4n) is 1.83. The largest absolute Gasteiger partial charge is 0.506 e. The van der Waals surface area contributed by atoms with Gasteiger partial charge in [-0.05, 0) is 46.1 Å². The maximum Gasteiger partial charge on any atom is 0.506 e. The summed E-state index contributed by atoms with van der Waals surface area (Å²) in [4.78, 5) is 11.9. The number of carbonyl (C=O) groups excluding carboxylic acids is 1. The van der Waals surface area contributed by atoms with Crippen LogP contribution in [0.4, 0.5) is 0 Å². The molecular formula is C13H19BO4S. The molecule has 0 atom stereocenters. The minimum Gasteiger partial charge on any atom is -0.462 e. The van der Waals surface area contributed by atoms with Crippen molar-refractivity contribution in [1.29, 1.82) is 0 Å². The van der Waals surface area contributed by atoms with Crippen LogP contribution in [0.2, 0.25) is 0 Å². The van der Waals surface area contributed by atoms with Crippen LogP contribution in [0, 0.1) is 0 Å². The highest BCUT2D eigenvalue weighted by molar-refractivity contribution is 7.21. The molecule has 1 saturated heterocycles. The molecular weight excluding hydrogens is 263 g/mol. The topological polar surface area (TPSA) is 44.8 Å². The van der Waals surface area contributed by atoms with Crippen LogP contribution in [0.3, 0.4) is 0 Å². The number of carbonyl (C=O) groups is 1. The lowest BCUT2D eigenvalue weighted by molar-refractivity contribution is 0.00578. The van der Waals surface area contributed by atoms with Crippen molar-refractivity contribution in [2.24, 2.45) is 0 Å². The van der Waals surface area contributed by atoms with E-state index in [1.807, 2.05) is 33.1 Å². The highest BCUT2D eigenvalue weighted by atomic mass is 32.1. The van der Waals surface area contributed by atoms with Gasteiger partial charge in [0.2, 0.25) is 0 Å². The second-order valence-electron chi connectivity index (χ2n) is 5.51. The number of ether oxygens (including phenoxy) is 1. The molecule has 104 valence electrons. The maximum atomic E-state index is 11.9. The first kappa shape index (κ1) is 14.6. The van der Waals surface area contributed by atoms with E-state index in [1.54, 1.807) is 13.0 Å². The standard InChI is InChI=1S/C13H19BO4S/c1-6-16-11(15)9-7-8-19-10(9)14-17-12(2,3)13(4,5)18-14/h7-8H,6H2,1-5H3. The Hall–Kier alpha value is -0.845. The first-order chi connectivity index (χ1) is 8.78. The van der Waals surface area contributed by atoms with Gasteiger partial charge in [-0.3, -0.25) is 0 Å². The van der Waals surface area contributed by atoms with Gasteiger partial charge in [0.05, 0.1) is 23.4 Å². The van der Waals surface area contributed by atoms with Crippen molar-refractivity contribution in [3.8, 4) is 0 Å². The molecule has 0 aliphatic carbocycles. The van der Waals surface area contributed by atoms with Crippen LogP contribution in [0.25, 0.3) is 0 Å². The van der Waals surface area contributed by atoms with Gasteiger partial charge < -0.3 is 14.0 Å². The lowest BCUT2D eigenvalue weighted by Crippen LogP contribution is -2.41. The predicted octanol–water partition coefficient (Wildman–Crippen LogP) is 2.22. The number of esters is 1. The summed E-state index contributed by atoms with van der Waals surface area (Å²) in [5, 5.41) is 1.85. The van der Waals surface area contributed by atoms with E-state index < -0.39 is 18.3 Å². The number of rotatable bonds is 3. The first-order valence-corrected chi connectivity index (χ1v) is 7.26. The van der Waals surface area contributed by atoms with E-state index >= 15 is 0 Å². The van der Waals surface area contributed by atoms with E-state index in [9.17, 15) is 4.79 Å². The Bertz CT molecular complexity index is 465. The molecule has 1 aliphatic heterocycles. The molecule has 1 aliphatic rings. The van der Waals surface area contributed by atoms with Crippen LogP contribution in [0.5, 0.6) is 0 Å². The fraction of sp³-hybridized carbons (Fsp3) is 0.615. The molecule has 0 unspecified atom stereocenters. The Morgan fingerprint density at radius 3 is 2.42 bits per heavy atom. The van der Waals surface area contributed by atoms with E-state index in [4.69, 9.17) is 14.0 Å². The molecule has 0 aromatic carbocycles. The maximum absolute atomic E-state index is 11.9. The van der Waals surface area contributed by atoms with Gasteiger partial charge in [0, 0.05) is 4.78 Å².